The predicted octanol–water partition coefficient (Wildman–Crippen LogP) is 1.49. The molecule has 1 atom stereocenters. The Hall–Kier alpha value is -0.500. The summed E-state index contributed by atoms with van der Waals surface area (Å²) in [6.45, 7) is 8.88. The number of hydrogen-bond acceptors (Lipinski definition) is 2. The molecular formula is C9H17NO. The van der Waals surface area contributed by atoms with Gasteiger partial charge in [0.2, 0.25) is 0 Å². The van der Waals surface area contributed by atoms with E-state index in [4.69, 9.17) is 4.74 Å². The van der Waals surface area contributed by atoms with Gasteiger partial charge in [0.05, 0.1) is 6.61 Å². The van der Waals surface area contributed by atoms with Crippen molar-refractivity contribution in [2.24, 2.45) is 5.92 Å². The van der Waals surface area contributed by atoms with Crippen LogP contribution in [-0.2, 0) is 4.74 Å². The number of rotatable bonds is 3. The fraction of sp³-hybridized carbons (Fsp3) is 0.778. The molecule has 1 rings (SSSR count). The topological polar surface area (TPSA) is 12.5 Å². The maximum atomic E-state index is 5.28. The molecule has 1 aliphatic heterocycles. The summed E-state index contributed by atoms with van der Waals surface area (Å²) >= 11 is 0. The molecule has 0 saturated carbocycles. The van der Waals surface area contributed by atoms with Crippen molar-refractivity contribution >= 4 is 0 Å². The molecule has 0 amide bonds. The smallest absolute Gasteiger partial charge is 0.0512 e. The van der Waals surface area contributed by atoms with E-state index in [-0.39, 0.29) is 0 Å². The average molecular weight is 155 g/mol. The second-order valence-electron chi connectivity index (χ2n) is 3.35. The summed E-state index contributed by atoms with van der Waals surface area (Å²) in [7, 11) is 2.08. The van der Waals surface area contributed by atoms with Crippen LogP contribution in [-0.4, -0.2) is 31.7 Å². The normalized spacial score (nSPS) is 23.6. The van der Waals surface area contributed by atoms with Crippen molar-refractivity contribution in [3.05, 3.63) is 12.3 Å². The third kappa shape index (κ3) is 2.54. The Bertz CT molecular complexity index is 138. The van der Waals surface area contributed by atoms with E-state index in [9.17, 15) is 0 Å². The molecule has 64 valence electrons. The van der Waals surface area contributed by atoms with Gasteiger partial charge in [-0.15, -0.1) is 0 Å². The number of ether oxygens (including phenoxy) is 1. The highest BCUT2D eigenvalue weighted by Crippen LogP contribution is 2.14. The van der Waals surface area contributed by atoms with Crippen molar-refractivity contribution in [1.29, 1.82) is 0 Å². The summed E-state index contributed by atoms with van der Waals surface area (Å²) < 4.78 is 5.28. The number of allylic oxidation sites excluding steroid dienone is 1. The van der Waals surface area contributed by atoms with E-state index in [1.54, 1.807) is 0 Å². The molecule has 0 aromatic heterocycles. The van der Waals surface area contributed by atoms with Gasteiger partial charge < -0.3 is 9.64 Å². The summed E-state index contributed by atoms with van der Waals surface area (Å²) in [5.74, 6) is 0.719. The van der Waals surface area contributed by atoms with E-state index in [1.807, 2.05) is 6.92 Å². The second-order valence-corrected chi connectivity index (χ2v) is 3.35. The molecule has 0 bridgehead atoms. The Morgan fingerprint density at radius 1 is 1.73 bits per heavy atom. The quantitative estimate of drug-likeness (QED) is 0.612. The highest BCUT2D eigenvalue weighted by Gasteiger charge is 2.16. The Kier molecular flexibility index (Phi) is 2.94. The lowest BCUT2D eigenvalue weighted by molar-refractivity contribution is 0.179. The molecule has 0 radical (unpaired) electrons. The Morgan fingerprint density at radius 3 is 2.91 bits per heavy atom. The number of nitrogens with zero attached hydrogens (tertiary/aromatic N) is 1. The summed E-state index contributed by atoms with van der Waals surface area (Å²) in [4.78, 5) is 2.19. The summed E-state index contributed by atoms with van der Waals surface area (Å²) in [6, 6.07) is 0. The molecule has 0 aromatic carbocycles. The van der Waals surface area contributed by atoms with Gasteiger partial charge >= 0.3 is 0 Å². The van der Waals surface area contributed by atoms with Crippen LogP contribution >= 0.6 is 0 Å². The van der Waals surface area contributed by atoms with Gasteiger partial charge in [-0.05, 0) is 13.3 Å². The largest absolute Gasteiger partial charge is 0.381 e. The van der Waals surface area contributed by atoms with E-state index in [0.717, 1.165) is 31.4 Å². The first-order valence-electron chi connectivity index (χ1n) is 4.14. The molecule has 1 saturated heterocycles. The molecule has 1 heterocycles. The lowest BCUT2D eigenvalue weighted by Gasteiger charge is -2.21. The van der Waals surface area contributed by atoms with Gasteiger partial charge in [-0.25, -0.2) is 0 Å². The van der Waals surface area contributed by atoms with Crippen molar-refractivity contribution < 1.29 is 4.74 Å². The van der Waals surface area contributed by atoms with Crippen molar-refractivity contribution in [2.45, 2.75) is 13.3 Å². The molecule has 2 nitrogen and oxygen atoms in total. The first kappa shape index (κ1) is 8.60. The molecule has 1 unspecified atom stereocenters. The van der Waals surface area contributed by atoms with Crippen LogP contribution in [0, 0.1) is 5.92 Å². The van der Waals surface area contributed by atoms with E-state index in [2.05, 4.69) is 18.5 Å². The molecule has 0 N–H and O–H groups in total. The minimum absolute atomic E-state index is 0.719. The zero-order chi connectivity index (χ0) is 8.27. The molecule has 0 spiro atoms. The average Bonchev–Trinajstić information content (AvgIpc) is 2.39. The molecule has 11 heavy (non-hydrogen) atoms. The molecule has 0 aliphatic carbocycles. The predicted molar refractivity (Wildman–Crippen MR) is 46.4 cm³/mol. The standard InChI is InChI=1S/C9H17NO/c1-8(2)10(3)6-9-4-5-11-7-9/h9H,1,4-7H2,2-3H3. The Labute approximate surface area is 68.8 Å². The SMILES string of the molecule is C=C(C)N(C)CC1CCOC1. The van der Waals surface area contributed by atoms with Crippen LogP contribution in [0.3, 0.4) is 0 Å². The zero-order valence-corrected chi connectivity index (χ0v) is 7.47. The van der Waals surface area contributed by atoms with Crippen molar-refractivity contribution in [3.63, 3.8) is 0 Å². The van der Waals surface area contributed by atoms with Crippen LogP contribution in [0.25, 0.3) is 0 Å². The van der Waals surface area contributed by atoms with Gasteiger partial charge in [0.1, 0.15) is 0 Å². The summed E-state index contributed by atoms with van der Waals surface area (Å²) in [6.07, 6.45) is 1.21. The van der Waals surface area contributed by atoms with Crippen LogP contribution in [0.15, 0.2) is 12.3 Å². The lowest BCUT2D eigenvalue weighted by Crippen LogP contribution is -2.23. The van der Waals surface area contributed by atoms with Crippen LogP contribution in [0.4, 0.5) is 0 Å². The first-order valence-corrected chi connectivity index (χ1v) is 4.14. The van der Waals surface area contributed by atoms with Gasteiger partial charge in [-0.2, -0.15) is 0 Å². The molecular weight excluding hydrogens is 138 g/mol. The zero-order valence-electron chi connectivity index (χ0n) is 7.47. The van der Waals surface area contributed by atoms with Crippen LogP contribution in [0.5, 0.6) is 0 Å². The van der Waals surface area contributed by atoms with Gasteiger partial charge in [-0.3, -0.25) is 0 Å². The maximum Gasteiger partial charge on any atom is 0.0512 e. The number of hydrogen-bond donors (Lipinski definition) is 0. The fourth-order valence-corrected chi connectivity index (χ4v) is 1.27. The van der Waals surface area contributed by atoms with Crippen LogP contribution < -0.4 is 0 Å². The molecule has 0 aromatic rings. The summed E-state index contributed by atoms with van der Waals surface area (Å²) in [5, 5.41) is 0. The third-order valence-corrected chi connectivity index (χ3v) is 2.21. The van der Waals surface area contributed by atoms with Crippen LogP contribution in [0.1, 0.15) is 13.3 Å². The minimum atomic E-state index is 0.719. The van der Waals surface area contributed by atoms with E-state index in [0.29, 0.717) is 0 Å². The fourth-order valence-electron chi connectivity index (χ4n) is 1.27. The molecule has 2 heteroatoms. The minimum Gasteiger partial charge on any atom is -0.381 e. The van der Waals surface area contributed by atoms with Crippen LogP contribution in [0.2, 0.25) is 0 Å². The highest BCUT2D eigenvalue weighted by molar-refractivity contribution is 4.87. The summed E-state index contributed by atoms with van der Waals surface area (Å²) in [5.41, 5.74) is 1.14. The Balaban J connectivity index is 2.23. The van der Waals surface area contributed by atoms with E-state index in [1.165, 1.54) is 6.42 Å². The highest BCUT2D eigenvalue weighted by atomic mass is 16.5. The molecule has 1 fully saturated rings. The maximum absolute atomic E-state index is 5.28. The van der Waals surface area contributed by atoms with Crippen molar-refractivity contribution in [2.75, 3.05) is 26.8 Å². The lowest BCUT2D eigenvalue weighted by atomic mass is 10.1. The molecule has 1 aliphatic rings. The van der Waals surface area contributed by atoms with Gasteiger partial charge in [-0.1, -0.05) is 6.58 Å². The van der Waals surface area contributed by atoms with Crippen molar-refractivity contribution in [1.82, 2.24) is 4.90 Å². The van der Waals surface area contributed by atoms with Crippen molar-refractivity contribution in [3.8, 4) is 0 Å². The van der Waals surface area contributed by atoms with Gasteiger partial charge in [0.15, 0.2) is 0 Å². The second kappa shape index (κ2) is 3.77. The third-order valence-electron chi connectivity index (χ3n) is 2.21. The Morgan fingerprint density at radius 2 is 2.45 bits per heavy atom. The van der Waals surface area contributed by atoms with E-state index >= 15 is 0 Å². The van der Waals surface area contributed by atoms with E-state index < -0.39 is 0 Å². The first-order chi connectivity index (χ1) is 5.20. The van der Waals surface area contributed by atoms with Gasteiger partial charge in [0, 0.05) is 31.8 Å². The monoisotopic (exact) mass is 155 g/mol. The van der Waals surface area contributed by atoms with Gasteiger partial charge in [0.25, 0.3) is 0 Å².